The van der Waals surface area contributed by atoms with E-state index in [0.717, 1.165) is 11.3 Å². The average molecular weight is 288 g/mol. The lowest BCUT2D eigenvalue weighted by atomic mass is 10.1. The maximum absolute atomic E-state index is 12.6. The van der Waals surface area contributed by atoms with Crippen molar-refractivity contribution in [3.8, 4) is 0 Å². The minimum absolute atomic E-state index is 0.0797. The van der Waals surface area contributed by atoms with Crippen molar-refractivity contribution in [2.75, 3.05) is 12.4 Å². The van der Waals surface area contributed by atoms with Gasteiger partial charge in [0.2, 0.25) is 0 Å². The van der Waals surface area contributed by atoms with Gasteiger partial charge in [0.25, 0.3) is 5.91 Å². The first-order valence-corrected chi connectivity index (χ1v) is 7.61. The summed E-state index contributed by atoms with van der Waals surface area (Å²) < 4.78 is 0. The smallest absolute Gasteiger partial charge is 0.254 e. The molecule has 0 radical (unpaired) electrons. The topological polar surface area (TPSA) is 32.3 Å². The van der Waals surface area contributed by atoms with Gasteiger partial charge < -0.3 is 10.2 Å². The number of thiophene rings is 1. The van der Waals surface area contributed by atoms with E-state index < -0.39 is 0 Å². The summed E-state index contributed by atoms with van der Waals surface area (Å²) in [5.41, 5.74) is 1.74. The molecule has 0 fully saturated rings. The second-order valence-electron chi connectivity index (χ2n) is 4.93. The number of hydrogen-bond acceptors (Lipinski definition) is 3. The van der Waals surface area contributed by atoms with Crippen molar-refractivity contribution >= 4 is 22.9 Å². The van der Waals surface area contributed by atoms with Gasteiger partial charge in [-0.05, 0) is 49.6 Å². The molecule has 0 unspecified atom stereocenters. The highest BCUT2D eigenvalue weighted by Gasteiger charge is 2.19. The number of hydrogen-bond donors (Lipinski definition) is 1. The molecule has 0 atom stereocenters. The molecule has 0 spiro atoms. The third-order valence-electron chi connectivity index (χ3n) is 3.21. The van der Waals surface area contributed by atoms with E-state index in [9.17, 15) is 4.79 Å². The molecule has 0 saturated carbocycles. The van der Waals surface area contributed by atoms with Gasteiger partial charge in [-0.15, -0.1) is 11.3 Å². The summed E-state index contributed by atoms with van der Waals surface area (Å²) in [6, 6.07) is 11.9. The van der Waals surface area contributed by atoms with Crippen molar-refractivity contribution in [1.82, 2.24) is 4.90 Å². The Kier molecular flexibility index (Phi) is 4.79. The summed E-state index contributed by atoms with van der Waals surface area (Å²) in [4.78, 5) is 15.7. The van der Waals surface area contributed by atoms with Gasteiger partial charge in [0, 0.05) is 29.2 Å². The van der Waals surface area contributed by atoms with E-state index >= 15 is 0 Å². The monoisotopic (exact) mass is 288 g/mol. The van der Waals surface area contributed by atoms with E-state index in [4.69, 9.17) is 0 Å². The van der Waals surface area contributed by atoms with Gasteiger partial charge in [0.05, 0.1) is 6.54 Å². The van der Waals surface area contributed by atoms with Crippen LogP contribution in [0.15, 0.2) is 41.8 Å². The molecule has 0 aliphatic rings. The summed E-state index contributed by atoms with van der Waals surface area (Å²) >= 11 is 1.68. The van der Waals surface area contributed by atoms with E-state index in [0.29, 0.717) is 6.54 Å². The molecule has 0 aliphatic carbocycles. The highest BCUT2D eigenvalue weighted by atomic mass is 32.1. The Hall–Kier alpha value is -1.81. The van der Waals surface area contributed by atoms with Crippen LogP contribution in [0.3, 0.4) is 0 Å². The number of carbonyl (C=O) groups is 1. The number of carbonyl (C=O) groups excluding carboxylic acids is 1. The van der Waals surface area contributed by atoms with Crippen molar-refractivity contribution in [3.63, 3.8) is 0 Å². The first kappa shape index (κ1) is 14.6. The van der Waals surface area contributed by atoms with Gasteiger partial charge in [0.15, 0.2) is 0 Å². The zero-order valence-electron chi connectivity index (χ0n) is 12.1. The highest BCUT2D eigenvalue weighted by Crippen LogP contribution is 2.18. The quantitative estimate of drug-likeness (QED) is 0.906. The SMILES string of the molecule is CNc1ccc(C(=O)N(Cc2cccs2)C(C)C)cc1. The van der Waals surface area contributed by atoms with Gasteiger partial charge in [-0.25, -0.2) is 0 Å². The van der Waals surface area contributed by atoms with Gasteiger partial charge in [-0.3, -0.25) is 4.79 Å². The van der Waals surface area contributed by atoms with E-state index in [-0.39, 0.29) is 11.9 Å². The van der Waals surface area contributed by atoms with Crippen LogP contribution >= 0.6 is 11.3 Å². The number of benzene rings is 1. The summed E-state index contributed by atoms with van der Waals surface area (Å²) in [5, 5.41) is 5.10. The lowest BCUT2D eigenvalue weighted by Crippen LogP contribution is -2.36. The predicted molar refractivity (Wildman–Crippen MR) is 85.3 cm³/mol. The van der Waals surface area contributed by atoms with Crippen LogP contribution in [0, 0.1) is 0 Å². The van der Waals surface area contributed by atoms with Crippen LogP contribution in [0.4, 0.5) is 5.69 Å². The number of nitrogens with one attached hydrogen (secondary N) is 1. The van der Waals surface area contributed by atoms with E-state index in [1.165, 1.54) is 4.88 Å². The number of nitrogens with zero attached hydrogens (tertiary/aromatic N) is 1. The van der Waals surface area contributed by atoms with Crippen LogP contribution < -0.4 is 5.32 Å². The van der Waals surface area contributed by atoms with Crippen LogP contribution in [-0.2, 0) is 6.54 Å². The Morgan fingerprint density at radius 1 is 1.25 bits per heavy atom. The molecule has 1 aromatic heterocycles. The Bertz CT molecular complexity index is 546. The summed E-state index contributed by atoms with van der Waals surface area (Å²) in [6.07, 6.45) is 0. The van der Waals surface area contributed by atoms with Crippen LogP contribution in [0.1, 0.15) is 29.1 Å². The van der Waals surface area contributed by atoms with Crippen molar-refractivity contribution < 1.29 is 4.79 Å². The molecule has 4 heteroatoms. The second-order valence-corrected chi connectivity index (χ2v) is 5.97. The molecule has 1 amide bonds. The fourth-order valence-electron chi connectivity index (χ4n) is 2.00. The Morgan fingerprint density at radius 2 is 1.95 bits per heavy atom. The molecule has 0 aliphatic heterocycles. The highest BCUT2D eigenvalue weighted by molar-refractivity contribution is 7.09. The Labute approximate surface area is 124 Å². The lowest BCUT2D eigenvalue weighted by molar-refractivity contribution is 0.0692. The van der Waals surface area contributed by atoms with Crippen molar-refractivity contribution in [2.24, 2.45) is 0 Å². The van der Waals surface area contributed by atoms with E-state index in [1.54, 1.807) is 11.3 Å². The Morgan fingerprint density at radius 3 is 2.45 bits per heavy atom. The normalized spacial score (nSPS) is 10.6. The molecule has 0 bridgehead atoms. The molecule has 3 nitrogen and oxygen atoms in total. The second kappa shape index (κ2) is 6.57. The molecule has 106 valence electrons. The van der Waals surface area contributed by atoms with Gasteiger partial charge in [-0.2, -0.15) is 0 Å². The maximum Gasteiger partial charge on any atom is 0.254 e. The van der Waals surface area contributed by atoms with Crippen LogP contribution in [-0.4, -0.2) is 23.9 Å². The standard InChI is InChI=1S/C16H20N2OS/c1-12(2)18(11-15-5-4-10-20-15)16(19)13-6-8-14(17-3)9-7-13/h4-10,12,17H,11H2,1-3H3. The minimum atomic E-state index is 0.0797. The number of anilines is 1. The first-order valence-electron chi connectivity index (χ1n) is 6.73. The average Bonchev–Trinajstić information content (AvgIpc) is 2.97. The van der Waals surface area contributed by atoms with E-state index in [2.05, 4.69) is 11.4 Å². The Balaban J connectivity index is 2.17. The number of rotatable bonds is 5. The molecular formula is C16H20N2OS. The fraction of sp³-hybridized carbons (Fsp3) is 0.312. The van der Waals surface area contributed by atoms with Gasteiger partial charge in [-0.1, -0.05) is 6.07 Å². The van der Waals surface area contributed by atoms with Crippen molar-refractivity contribution in [1.29, 1.82) is 0 Å². The summed E-state index contributed by atoms with van der Waals surface area (Å²) in [5.74, 6) is 0.0797. The molecule has 0 saturated heterocycles. The molecule has 1 aromatic carbocycles. The maximum atomic E-state index is 12.6. The molecule has 1 heterocycles. The molecule has 1 N–H and O–H groups in total. The summed E-state index contributed by atoms with van der Waals surface area (Å²) in [6.45, 7) is 4.77. The third kappa shape index (κ3) is 3.39. The fourth-order valence-corrected chi connectivity index (χ4v) is 2.71. The first-order chi connectivity index (χ1) is 9.61. The van der Waals surface area contributed by atoms with Gasteiger partial charge >= 0.3 is 0 Å². The summed E-state index contributed by atoms with van der Waals surface area (Å²) in [7, 11) is 1.87. The molecule has 2 rings (SSSR count). The molecular weight excluding hydrogens is 268 g/mol. The van der Waals surface area contributed by atoms with Crippen LogP contribution in [0.25, 0.3) is 0 Å². The third-order valence-corrected chi connectivity index (χ3v) is 4.07. The van der Waals surface area contributed by atoms with Crippen molar-refractivity contribution in [3.05, 3.63) is 52.2 Å². The largest absolute Gasteiger partial charge is 0.388 e. The van der Waals surface area contributed by atoms with Crippen molar-refractivity contribution in [2.45, 2.75) is 26.4 Å². The van der Waals surface area contributed by atoms with Crippen LogP contribution in [0.5, 0.6) is 0 Å². The molecule has 20 heavy (non-hydrogen) atoms. The minimum Gasteiger partial charge on any atom is -0.388 e. The zero-order chi connectivity index (χ0) is 14.5. The van der Waals surface area contributed by atoms with E-state index in [1.807, 2.05) is 61.5 Å². The van der Waals surface area contributed by atoms with Gasteiger partial charge in [0.1, 0.15) is 0 Å². The predicted octanol–water partition coefficient (Wildman–Crippen LogP) is 3.84. The van der Waals surface area contributed by atoms with Crippen LogP contribution in [0.2, 0.25) is 0 Å². The lowest BCUT2D eigenvalue weighted by Gasteiger charge is -2.26. The number of amides is 1. The zero-order valence-corrected chi connectivity index (χ0v) is 12.9. The molecule has 2 aromatic rings.